The van der Waals surface area contributed by atoms with E-state index in [2.05, 4.69) is 18.8 Å². The Bertz CT molecular complexity index is 351. The molecule has 1 aromatic heterocycles. The van der Waals surface area contributed by atoms with Crippen molar-refractivity contribution in [2.75, 3.05) is 18.8 Å². The van der Waals surface area contributed by atoms with E-state index < -0.39 is 0 Å². The Kier molecular flexibility index (Phi) is 7.30. The summed E-state index contributed by atoms with van der Waals surface area (Å²) in [6.07, 6.45) is 5.03. The van der Waals surface area contributed by atoms with Gasteiger partial charge in [-0.1, -0.05) is 13.8 Å². The number of nitrogens with zero attached hydrogens (tertiary/aromatic N) is 2. The number of nitrogens with two attached hydrogens (primary N) is 1. The summed E-state index contributed by atoms with van der Waals surface area (Å²) in [4.78, 5) is 17.9. The molecule has 0 spiro atoms. The fraction of sp³-hybridized carbons (Fsp3) is 0.500. The average Bonchev–Trinajstić information content (AvgIpc) is 2.28. The fourth-order valence-electron chi connectivity index (χ4n) is 1.61. The van der Waals surface area contributed by atoms with Gasteiger partial charge in [0, 0.05) is 31.2 Å². The van der Waals surface area contributed by atoms with E-state index in [1.54, 1.807) is 12.3 Å². The van der Waals surface area contributed by atoms with Crippen LogP contribution in [-0.2, 0) is 0 Å². The largest absolute Gasteiger partial charge is 0.398 e. The molecule has 2 N–H and O–H groups in total. The molecule has 0 unspecified atom stereocenters. The van der Waals surface area contributed by atoms with Gasteiger partial charge in [-0.3, -0.25) is 9.78 Å². The summed E-state index contributed by atoms with van der Waals surface area (Å²) in [5.41, 5.74) is 6.77. The standard InChI is InChI=1S/C12H19N3O.ClH/c1-3-7-15(8-4-2)12(16)10-9-14-6-5-11(10)13;/h5-6,9H,3-4,7-8H2,1-2H3,(H2,13,14);1H. The van der Waals surface area contributed by atoms with Crippen molar-refractivity contribution in [3.8, 4) is 0 Å². The van der Waals surface area contributed by atoms with Gasteiger partial charge in [-0.15, -0.1) is 12.4 Å². The Morgan fingerprint density at radius 3 is 2.41 bits per heavy atom. The van der Waals surface area contributed by atoms with Crippen molar-refractivity contribution >= 4 is 24.0 Å². The molecule has 1 heterocycles. The summed E-state index contributed by atoms with van der Waals surface area (Å²) >= 11 is 0. The number of carbonyl (C=O) groups excluding carboxylic acids is 1. The predicted molar refractivity (Wildman–Crippen MR) is 72.4 cm³/mol. The number of carbonyl (C=O) groups is 1. The number of rotatable bonds is 5. The summed E-state index contributed by atoms with van der Waals surface area (Å²) < 4.78 is 0. The number of amides is 1. The summed E-state index contributed by atoms with van der Waals surface area (Å²) in [6, 6.07) is 1.66. The molecule has 0 aliphatic rings. The SMILES string of the molecule is CCCN(CCC)C(=O)c1cnccc1N.Cl. The van der Waals surface area contributed by atoms with Crippen LogP contribution in [0, 0.1) is 0 Å². The molecule has 1 rings (SSSR count). The van der Waals surface area contributed by atoms with Crippen LogP contribution in [0.5, 0.6) is 0 Å². The topological polar surface area (TPSA) is 59.2 Å². The van der Waals surface area contributed by atoms with Crippen molar-refractivity contribution in [2.45, 2.75) is 26.7 Å². The first kappa shape index (κ1) is 15.7. The van der Waals surface area contributed by atoms with E-state index >= 15 is 0 Å². The van der Waals surface area contributed by atoms with Crippen LogP contribution < -0.4 is 5.73 Å². The molecule has 5 heteroatoms. The van der Waals surface area contributed by atoms with Gasteiger partial charge in [0.25, 0.3) is 5.91 Å². The van der Waals surface area contributed by atoms with Crippen LogP contribution in [0.1, 0.15) is 37.0 Å². The zero-order valence-corrected chi connectivity index (χ0v) is 11.2. The number of anilines is 1. The summed E-state index contributed by atoms with van der Waals surface area (Å²) in [6.45, 7) is 5.65. The van der Waals surface area contributed by atoms with Crippen LogP contribution in [0.4, 0.5) is 5.69 Å². The highest BCUT2D eigenvalue weighted by Crippen LogP contribution is 2.12. The molecule has 96 valence electrons. The lowest BCUT2D eigenvalue weighted by molar-refractivity contribution is 0.0756. The Labute approximate surface area is 109 Å². The third-order valence-electron chi connectivity index (χ3n) is 2.36. The average molecular weight is 258 g/mol. The van der Waals surface area contributed by atoms with Crippen LogP contribution in [0.25, 0.3) is 0 Å². The number of nitrogen functional groups attached to an aromatic ring is 1. The lowest BCUT2D eigenvalue weighted by Crippen LogP contribution is -2.33. The maximum atomic E-state index is 12.2. The number of pyridine rings is 1. The minimum atomic E-state index is -0.0192. The molecule has 0 atom stereocenters. The molecule has 1 aromatic rings. The molecule has 17 heavy (non-hydrogen) atoms. The first-order chi connectivity index (χ1) is 7.70. The van der Waals surface area contributed by atoms with Gasteiger partial charge in [-0.2, -0.15) is 0 Å². The zero-order chi connectivity index (χ0) is 12.0. The molecule has 0 aliphatic heterocycles. The van der Waals surface area contributed by atoms with Crippen molar-refractivity contribution in [1.82, 2.24) is 9.88 Å². The van der Waals surface area contributed by atoms with Crippen molar-refractivity contribution in [1.29, 1.82) is 0 Å². The Morgan fingerprint density at radius 1 is 1.35 bits per heavy atom. The van der Waals surface area contributed by atoms with Crippen LogP contribution >= 0.6 is 12.4 Å². The van der Waals surface area contributed by atoms with Crippen molar-refractivity contribution < 1.29 is 4.79 Å². The molecule has 0 aliphatic carbocycles. The molecular weight excluding hydrogens is 238 g/mol. The Hall–Kier alpha value is -1.29. The van der Waals surface area contributed by atoms with Gasteiger partial charge >= 0.3 is 0 Å². The smallest absolute Gasteiger partial charge is 0.257 e. The molecule has 1 amide bonds. The summed E-state index contributed by atoms with van der Waals surface area (Å²) in [5.74, 6) is -0.0192. The number of aromatic nitrogens is 1. The monoisotopic (exact) mass is 257 g/mol. The van der Waals surface area contributed by atoms with Gasteiger partial charge in [-0.25, -0.2) is 0 Å². The molecule has 0 fully saturated rings. The Balaban J connectivity index is 0.00000256. The number of hydrogen-bond donors (Lipinski definition) is 1. The van der Waals surface area contributed by atoms with E-state index in [0.29, 0.717) is 11.3 Å². The van der Waals surface area contributed by atoms with E-state index in [0.717, 1.165) is 25.9 Å². The van der Waals surface area contributed by atoms with Crippen LogP contribution in [0.2, 0.25) is 0 Å². The first-order valence-corrected chi connectivity index (χ1v) is 5.69. The number of halogens is 1. The maximum Gasteiger partial charge on any atom is 0.257 e. The highest BCUT2D eigenvalue weighted by molar-refractivity contribution is 5.98. The van der Waals surface area contributed by atoms with E-state index in [9.17, 15) is 4.79 Å². The second kappa shape index (κ2) is 7.90. The lowest BCUT2D eigenvalue weighted by atomic mass is 10.2. The third-order valence-corrected chi connectivity index (χ3v) is 2.36. The molecule has 0 bridgehead atoms. The molecular formula is C12H20ClN3O. The minimum Gasteiger partial charge on any atom is -0.398 e. The second-order valence-corrected chi connectivity index (χ2v) is 3.76. The van der Waals surface area contributed by atoms with Crippen molar-refractivity contribution in [2.24, 2.45) is 0 Å². The maximum absolute atomic E-state index is 12.2. The highest BCUT2D eigenvalue weighted by atomic mass is 35.5. The molecule has 0 saturated heterocycles. The zero-order valence-electron chi connectivity index (χ0n) is 10.3. The third kappa shape index (κ3) is 4.23. The normalized spacial score (nSPS) is 9.53. The number of hydrogen-bond acceptors (Lipinski definition) is 3. The molecule has 0 saturated carbocycles. The fourth-order valence-corrected chi connectivity index (χ4v) is 1.61. The second-order valence-electron chi connectivity index (χ2n) is 3.76. The lowest BCUT2D eigenvalue weighted by Gasteiger charge is -2.21. The Morgan fingerprint density at radius 2 is 1.94 bits per heavy atom. The van der Waals surface area contributed by atoms with E-state index in [1.807, 2.05) is 4.90 Å². The van der Waals surface area contributed by atoms with Gasteiger partial charge in [-0.05, 0) is 18.9 Å². The molecule has 4 nitrogen and oxygen atoms in total. The van der Waals surface area contributed by atoms with Gasteiger partial charge < -0.3 is 10.6 Å². The van der Waals surface area contributed by atoms with Gasteiger partial charge in [0.05, 0.1) is 5.56 Å². The predicted octanol–water partition coefficient (Wildman–Crippen LogP) is 2.35. The van der Waals surface area contributed by atoms with Gasteiger partial charge in [0.1, 0.15) is 0 Å². The van der Waals surface area contributed by atoms with E-state index in [1.165, 1.54) is 6.20 Å². The minimum absolute atomic E-state index is 0. The van der Waals surface area contributed by atoms with Gasteiger partial charge in [0.15, 0.2) is 0 Å². The van der Waals surface area contributed by atoms with Gasteiger partial charge in [0.2, 0.25) is 0 Å². The van der Waals surface area contributed by atoms with Crippen LogP contribution in [0.15, 0.2) is 18.5 Å². The quantitative estimate of drug-likeness (QED) is 0.881. The summed E-state index contributed by atoms with van der Waals surface area (Å²) in [5, 5.41) is 0. The highest BCUT2D eigenvalue weighted by Gasteiger charge is 2.16. The van der Waals surface area contributed by atoms with Crippen LogP contribution in [0.3, 0.4) is 0 Å². The summed E-state index contributed by atoms with van der Waals surface area (Å²) in [7, 11) is 0. The first-order valence-electron chi connectivity index (χ1n) is 5.69. The van der Waals surface area contributed by atoms with E-state index in [4.69, 9.17) is 5.73 Å². The van der Waals surface area contributed by atoms with E-state index in [-0.39, 0.29) is 18.3 Å². The van der Waals surface area contributed by atoms with Crippen LogP contribution in [-0.4, -0.2) is 28.9 Å². The molecule has 0 aromatic carbocycles. The van der Waals surface area contributed by atoms with Crippen molar-refractivity contribution in [3.63, 3.8) is 0 Å². The van der Waals surface area contributed by atoms with Crippen molar-refractivity contribution in [3.05, 3.63) is 24.0 Å². The molecule has 0 radical (unpaired) electrons.